The average Bonchev–Trinajstić information content (AvgIpc) is 2.94. The molecule has 3 aromatic rings. The van der Waals surface area contributed by atoms with Gasteiger partial charge in [0, 0.05) is 7.05 Å². The summed E-state index contributed by atoms with van der Waals surface area (Å²) < 4.78 is 12.7. The van der Waals surface area contributed by atoms with Crippen molar-refractivity contribution in [3.8, 4) is 0 Å². The number of nitrogens with two attached hydrogens (primary N) is 1. The molecule has 0 aliphatic carbocycles. The molecule has 0 amide bonds. The Labute approximate surface area is 116 Å². The highest BCUT2D eigenvalue weighted by molar-refractivity contribution is 9.10. The lowest BCUT2D eigenvalue weighted by atomic mass is 10.1. The van der Waals surface area contributed by atoms with Gasteiger partial charge >= 0.3 is 5.76 Å². The Morgan fingerprint density at radius 3 is 2.74 bits per heavy atom. The molecule has 1 atom stereocenters. The Morgan fingerprint density at radius 2 is 2.05 bits per heavy atom. The molecule has 0 saturated heterocycles. The Balaban J connectivity index is 2.08. The molecule has 1 aromatic carbocycles. The first-order valence-electron chi connectivity index (χ1n) is 5.66. The Hall–Kier alpha value is -1.79. The Kier molecular flexibility index (Phi) is 2.83. The summed E-state index contributed by atoms with van der Waals surface area (Å²) in [5.41, 5.74) is 8.20. The maximum absolute atomic E-state index is 11.4. The summed E-state index contributed by atoms with van der Waals surface area (Å²) in [7, 11) is 1.66. The molecule has 0 aliphatic heterocycles. The van der Waals surface area contributed by atoms with Crippen LogP contribution >= 0.6 is 15.9 Å². The number of fused-ring (bicyclic) bond motifs is 1. The van der Waals surface area contributed by atoms with Crippen LogP contribution in [0.5, 0.6) is 0 Å². The SMILES string of the molecule is Cn1c(=O)oc2cc(C(N)c3ccc(Br)o3)ccc21. The zero-order valence-electron chi connectivity index (χ0n) is 10.1. The van der Waals surface area contributed by atoms with E-state index in [4.69, 9.17) is 14.6 Å². The van der Waals surface area contributed by atoms with E-state index >= 15 is 0 Å². The fourth-order valence-electron chi connectivity index (χ4n) is 2.00. The first-order valence-corrected chi connectivity index (χ1v) is 6.46. The van der Waals surface area contributed by atoms with Gasteiger partial charge in [-0.1, -0.05) is 6.07 Å². The second kappa shape index (κ2) is 4.40. The van der Waals surface area contributed by atoms with Gasteiger partial charge in [-0.05, 0) is 45.8 Å². The summed E-state index contributed by atoms with van der Waals surface area (Å²) >= 11 is 3.24. The van der Waals surface area contributed by atoms with Crippen LogP contribution in [0, 0.1) is 0 Å². The van der Waals surface area contributed by atoms with Gasteiger partial charge in [0.25, 0.3) is 0 Å². The number of halogens is 1. The molecule has 0 spiro atoms. The van der Waals surface area contributed by atoms with Crippen LogP contribution in [0.4, 0.5) is 0 Å². The third-order valence-corrected chi connectivity index (χ3v) is 3.50. The molecule has 19 heavy (non-hydrogen) atoms. The molecular formula is C13H11BrN2O3. The van der Waals surface area contributed by atoms with E-state index in [2.05, 4.69) is 15.9 Å². The molecule has 0 radical (unpaired) electrons. The van der Waals surface area contributed by atoms with E-state index in [-0.39, 0.29) is 5.76 Å². The van der Waals surface area contributed by atoms with Gasteiger partial charge in [-0.3, -0.25) is 4.57 Å². The van der Waals surface area contributed by atoms with E-state index in [1.807, 2.05) is 12.1 Å². The van der Waals surface area contributed by atoms with Crippen LogP contribution < -0.4 is 11.5 Å². The molecule has 2 N–H and O–H groups in total. The van der Waals surface area contributed by atoms with Gasteiger partial charge in [-0.25, -0.2) is 4.79 Å². The zero-order chi connectivity index (χ0) is 13.6. The van der Waals surface area contributed by atoms with Crippen molar-refractivity contribution in [1.82, 2.24) is 4.57 Å². The van der Waals surface area contributed by atoms with E-state index in [1.165, 1.54) is 4.57 Å². The van der Waals surface area contributed by atoms with Crippen LogP contribution in [0.3, 0.4) is 0 Å². The highest BCUT2D eigenvalue weighted by Gasteiger charge is 2.15. The van der Waals surface area contributed by atoms with Crippen molar-refractivity contribution >= 4 is 27.0 Å². The predicted molar refractivity (Wildman–Crippen MR) is 73.9 cm³/mol. The van der Waals surface area contributed by atoms with Crippen LogP contribution in [0.15, 0.2) is 48.6 Å². The third kappa shape index (κ3) is 2.02. The van der Waals surface area contributed by atoms with E-state index in [1.54, 1.807) is 25.2 Å². The fraction of sp³-hybridized carbons (Fsp3) is 0.154. The third-order valence-electron chi connectivity index (χ3n) is 3.08. The predicted octanol–water partition coefficient (Wildman–Crippen LogP) is 2.54. The van der Waals surface area contributed by atoms with Crippen molar-refractivity contribution in [2.75, 3.05) is 0 Å². The van der Waals surface area contributed by atoms with Crippen LogP contribution in [0.1, 0.15) is 17.4 Å². The topological polar surface area (TPSA) is 74.3 Å². The number of furan rings is 1. The van der Waals surface area contributed by atoms with Gasteiger partial charge in [-0.2, -0.15) is 0 Å². The average molecular weight is 323 g/mol. The van der Waals surface area contributed by atoms with Crippen molar-refractivity contribution in [3.63, 3.8) is 0 Å². The highest BCUT2D eigenvalue weighted by Crippen LogP contribution is 2.26. The van der Waals surface area contributed by atoms with Crippen LogP contribution in [-0.2, 0) is 7.05 Å². The molecule has 0 fully saturated rings. The first-order chi connectivity index (χ1) is 9.06. The minimum Gasteiger partial charge on any atom is -0.452 e. The van der Waals surface area contributed by atoms with E-state index in [0.29, 0.717) is 16.0 Å². The molecule has 0 saturated carbocycles. The van der Waals surface area contributed by atoms with Crippen molar-refractivity contribution in [3.05, 3.63) is 56.9 Å². The molecule has 6 heteroatoms. The smallest absolute Gasteiger partial charge is 0.419 e. The van der Waals surface area contributed by atoms with Crippen molar-refractivity contribution in [2.45, 2.75) is 6.04 Å². The molecule has 0 aliphatic rings. The molecule has 5 nitrogen and oxygen atoms in total. The fourth-order valence-corrected chi connectivity index (χ4v) is 2.32. The van der Waals surface area contributed by atoms with Gasteiger partial charge in [0.1, 0.15) is 5.76 Å². The number of aromatic nitrogens is 1. The number of oxazole rings is 1. The number of hydrogen-bond donors (Lipinski definition) is 1. The van der Waals surface area contributed by atoms with E-state index < -0.39 is 6.04 Å². The van der Waals surface area contributed by atoms with E-state index in [9.17, 15) is 4.79 Å². The Morgan fingerprint density at radius 1 is 1.26 bits per heavy atom. The number of rotatable bonds is 2. The van der Waals surface area contributed by atoms with Gasteiger partial charge in [0.05, 0.1) is 11.6 Å². The quantitative estimate of drug-likeness (QED) is 0.786. The summed E-state index contributed by atoms with van der Waals surface area (Å²) in [6, 6.07) is 8.63. The molecule has 2 aromatic heterocycles. The normalized spacial score (nSPS) is 13.0. The molecular weight excluding hydrogens is 312 g/mol. The number of nitrogens with zero attached hydrogens (tertiary/aromatic N) is 1. The van der Waals surface area contributed by atoms with E-state index in [0.717, 1.165) is 11.1 Å². The second-order valence-corrected chi connectivity index (χ2v) is 5.06. The van der Waals surface area contributed by atoms with Crippen molar-refractivity contribution < 1.29 is 8.83 Å². The standard InChI is InChI=1S/C13H11BrN2O3/c1-16-8-3-2-7(6-10(8)19-13(16)17)12(15)9-4-5-11(14)18-9/h2-6,12H,15H2,1H3. The molecule has 98 valence electrons. The minimum atomic E-state index is -0.402. The Bertz CT molecular complexity index is 800. The monoisotopic (exact) mass is 322 g/mol. The zero-order valence-corrected chi connectivity index (χ0v) is 11.7. The minimum absolute atomic E-state index is 0.388. The largest absolute Gasteiger partial charge is 0.452 e. The molecule has 0 bridgehead atoms. The summed E-state index contributed by atoms with van der Waals surface area (Å²) in [5, 5.41) is 0. The van der Waals surface area contributed by atoms with Crippen LogP contribution in [0.2, 0.25) is 0 Å². The highest BCUT2D eigenvalue weighted by atomic mass is 79.9. The lowest BCUT2D eigenvalue weighted by Gasteiger charge is -2.08. The van der Waals surface area contributed by atoms with Gasteiger partial charge in [-0.15, -0.1) is 0 Å². The maximum atomic E-state index is 11.4. The van der Waals surface area contributed by atoms with Crippen molar-refractivity contribution in [2.24, 2.45) is 12.8 Å². The van der Waals surface area contributed by atoms with Crippen LogP contribution in [-0.4, -0.2) is 4.57 Å². The lowest BCUT2D eigenvalue weighted by molar-refractivity contribution is 0.470. The molecule has 2 heterocycles. The summed E-state index contributed by atoms with van der Waals surface area (Å²) in [4.78, 5) is 11.4. The lowest BCUT2D eigenvalue weighted by Crippen LogP contribution is -2.10. The second-order valence-electron chi connectivity index (χ2n) is 4.27. The number of aryl methyl sites for hydroxylation is 1. The van der Waals surface area contributed by atoms with Crippen LogP contribution in [0.25, 0.3) is 11.1 Å². The summed E-state index contributed by atoms with van der Waals surface area (Å²) in [6.45, 7) is 0. The van der Waals surface area contributed by atoms with Crippen molar-refractivity contribution in [1.29, 1.82) is 0 Å². The first kappa shape index (κ1) is 12.3. The van der Waals surface area contributed by atoms with Gasteiger partial charge in [0.2, 0.25) is 0 Å². The number of benzene rings is 1. The molecule has 3 rings (SSSR count). The summed E-state index contributed by atoms with van der Waals surface area (Å²) in [6.07, 6.45) is 0. The molecule has 1 unspecified atom stereocenters. The summed E-state index contributed by atoms with van der Waals surface area (Å²) in [5.74, 6) is 0.256. The van der Waals surface area contributed by atoms with Gasteiger partial charge in [0.15, 0.2) is 10.3 Å². The van der Waals surface area contributed by atoms with Gasteiger partial charge < -0.3 is 14.6 Å². The maximum Gasteiger partial charge on any atom is 0.419 e. The number of hydrogen-bond acceptors (Lipinski definition) is 4.